The number of aromatic nitrogens is 2. The maximum atomic E-state index is 14.3. The van der Waals surface area contributed by atoms with E-state index in [4.69, 9.17) is 19.4 Å². The summed E-state index contributed by atoms with van der Waals surface area (Å²) in [6.45, 7) is 8.39. The van der Waals surface area contributed by atoms with Gasteiger partial charge in [-0.3, -0.25) is 19.1 Å². The number of allylic oxidation sites excluding steroid dienone is 2. The number of nitrogens with one attached hydrogen (secondary N) is 1. The average molecular weight is 750 g/mol. The molecule has 3 fully saturated rings. The van der Waals surface area contributed by atoms with Crippen molar-refractivity contribution in [3.63, 3.8) is 0 Å². The summed E-state index contributed by atoms with van der Waals surface area (Å²) in [5.41, 5.74) is 1.98. The van der Waals surface area contributed by atoms with E-state index in [1.807, 2.05) is 42.7 Å². The van der Waals surface area contributed by atoms with Crippen LogP contribution < -0.4 is 14.2 Å². The van der Waals surface area contributed by atoms with Crippen LogP contribution in [0.3, 0.4) is 0 Å². The lowest BCUT2D eigenvalue weighted by molar-refractivity contribution is -0.144. The molecule has 12 nitrogen and oxygen atoms in total. The Morgan fingerprint density at radius 2 is 1.92 bits per heavy atom. The first-order valence-electron chi connectivity index (χ1n) is 18.0. The minimum Gasteiger partial charge on any atom is -0.496 e. The summed E-state index contributed by atoms with van der Waals surface area (Å²) < 4.78 is 39.9. The molecule has 278 valence electrons. The predicted molar refractivity (Wildman–Crippen MR) is 199 cm³/mol. The number of benzene rings is 1. The molecule has 52 heavy (non-hydrogen) atoms. The van der Waals surface area contributed by atoms with Crippen LogP contribution >= 0.6 is 11.3 Å². The fourth-order valence-corrected chi connectivity index (χ4v) is 9.69. The van der Waals surface area contributed by atoms with E-state index in [1.165, 1.54) is 11.3 Å². The molecule has 1 N–H and O–H groups in total. The van der Waals surface area contributed by atoms with Crippen molar-refractivity contribution in [1.29, 1.82) is 0 Å². The number of rotatable bonds is 8. The fraction of sp³-hybridized carbons (Fsp3) is 0.553. The van der Waals surface area contributed by atoms with E-state index >= 15 is 0 Å². The number of sulfonamides is 1. The molecule has 3 amide bonds. The van der Waals surface area contributed by atoms with Crippen molar-refractivity contribution < 1.29 is 32.3 Å². The summed E-state index contributed by atoms with van der Waals surface area (Å²) in [7, 11) is -0.532. The number of thiazole rings is 1. The van der Waals surface area contributed by atoms with Crippen molar-refractivity contribution in [3.8, 4) is 22.2 Å². The second-order valence-corrected chi connectivity index (χ2v) is 18.5. The number of carbonyl (C=O) groups excluding carboxylic acids is 3. The second kappa shape index (κ2) is 13.4. The molecule has 2 aromatic heterocycles. The van der Waals surface area contributed by atoms with Crippen LogP contribution in [-0.2, 0) is 24.4 Å². The number of ether oxygens (including phenoxy) is 2. The molecular weight excluding hydrogens is 703 g/mol. The number of methoxy groups -OCH3 is 1. The van der Waals surface area contributed by atoms with Crippen LogP contribution in [0.5, 0.6) is 11.5 Å². The number of aryl methyl sites for hydroxylation is 1. The summed E-state index contributed by atoms with van der Waals surface area (Å²) in [4.78, 5) is 55.1. The molecule has 2 aliphatic carbocycles. The molecule has 3 aromatic rings. The molecule has 0 bridgehead atoms. The molecule has 1 aromatic carbocycles. The third-order valence-corrected chi connectivity index (χ3v) is 14.4. The third-order valence-electron chi connectivity index (χ3n) is 11.4. The first-order valence-corrected chi connectivity index (χ1v) is 20.4. The minimum absolute atomic E-state index is 0.126. The molecule has 0 spiro atoms. The van der Waals surface area contributed by atoms with Crippen molar-refractivity contribution >= 4 is 50.0 Å². The Balaban J connectivity index is 1.21. The summed E-state index contributed by atoms with van der Waals surface area (Å²) in [6, 6.07) is 4.85. The zero-order valence-corrected chi connectivity index (χ0v) is 32.2. The molecule has 4 heterocycles. The van der Waals surface area contributed by atoms with E-state index < -0.39 is 38.2 Å². The Morgan fingerprint density at radius 1 is 1.15 bits per heavy atom. The number of pyridine rings is 1. The number of nitrogens with zero attached hydrogens (tertiary/aromatic N) is 4. The van der Waals surface area contributed by atoms with Gasteiger partial charge in [0.15, 0.2) is 0 Å². The number of fused-ring (bicyclic) bond motifs is 3. The summed E-state index contributed by atoms with van der Waals surface area (Å²) in [6.07, 6.45) is 6.15. The monoisotopic (exact) mass is 749 g/mol. The lowest BCUT2D eigenvalue weighted by Crippen LogP contribution is -2.49. The first-order chi connectivity index (χ1) is 24.7. The van der Waals surface area contributed by atoms with Crippen LogP contribution in [0.15, 0.2) is 35.7 Å². The lowest BCUT2D eigenvalue weighted by atomic mass is 9.96. The molecule has 2 aliphatic heterocycles. The quantitative estimate of drug-likeness (QED) is 0.301. The minimum atomic E-state index is -3.90. The van der Waals surface area contributed by atoms with E-state index in [0.717, 1.165) is 21.7 Å². The highest BCUT2D eigenvalue weighted by Gasteiger charge is 2.62. The molecule has 14 heteroatoms. The first kappa shape index (κ1) is 36.3. The highest BCUT2D eigenvalue weighted by Crippen LogP contribution is 2.57. The number of carbonyl (C=O) groups is 3. The van der Waals surface area contributed by atoms with E-state index in [1.54, 1.807) is 30.9 Å². The molecule has 2 saturated carbocycles. The predicted octanol–water partition coefficient (Wildman–Crippen LogP) is 5.35. The lowest BCUT2D eigenvalue weighted by Gasteiger charge is -2.29. The van der Waals surface area contributed by atoms with Gasteiger partial charge in [0.25, 0.3) is 0 Å². The maximum Gasteiger partial charge on any atom is 0.245 e. The number of amides is 3. The third kappa shape index (κ3) is 6.56. The topological polar surface area (TPSA) is 148 Å². The van der Waals surface area contributed by atoms with Crippen LogP contribution in [-0.4, -0.2) is 90.0 Å². The van der Waals surface area contributed by atoms with Crippen molar-refractivity contribution in [2.75, 3.05) is 27.2 Å². The molecule has 7 rings (SSSR count). The number of likely N-dealkylation sites (N-methyl/N-ethyl adjacent to an activating group) is 1. The SMILES string of the molecule is COc1ccc2c(O[C@H]3C[C@H]4C(=O)N(C)CCC/C=C\[C@@H]5C[C@@]5(C(=O)NS(=O)(=O)C5(C)CC5)CC(=O)N4C3)cc(-c3nc(C(C)C)cs3)nc2c1C. The Morgan fingerprint density at radius 3 is 2.62 bits per heavy atom. The molecule has 4 aliphatic rings. The average Bonchev–Trinajstić information content (AvgIpc) is 3.87. The van der Waals surface area contributed by atoms with Crippen molar-refractivity contribution in [3.05, 3.63) is 47.0 Å². The van der Waals surface area contributed by atoms with E-state index in [0.29, 0.717) is 61.4 Å². The van der Waals surface area contributed by atoms with Crippen LogP contribution in [0.1, 0.15) is 82.9 Å². The Hall–Kier alpha value is -4.04. The van der Waals surface area contributed by atoms with Gasteiger partial charge >= 0.3 is 0 Å². The fourth-order valence-electron chi connectivity index (χ4n) is 7.41. The Bertz CT molecular complexity index is 2070. The van der Waals surface area contributed by atoms with Gasteiger partial charge in [0.2, 0.25) is 27.7 Å². The van der Waals surface area contributed by atoms with Gasteiger partial charge in [-0.2, -0.15) is 0 Å². The van der Waals surface area contributed by atoms with Crippen molar-refractivity contribution in [2.45, 2.75) is 95.5 Å². The standard InChI is InChI=1S/C38H47N5O7S2/c1-22(2)28-21-51-34(40-28)27-17-31(26-11-12-30(49-6)23(3)33(26)39-27)50-25-16-29-35(45)42(5)15-9-7-8-10-24-18-38(24,19-32(44)43(29)20-25)36(46)41-52(47,48)37(4)13-14-37/h8,10-12,17,21-22,24-25,29H,7,9,13-16,18-20H2,1-6H3,(H,41,46)/b10-8-/t24-,25+,29+,38-/m1/s1. The zero-order valence-electron chi connectivity index (χ0n) is 30.6. The second-order valence-electron chi connectivity index (χ2n) is 15.4. The Kier molecular flexibility index (Phi) is 9.38. The summed E-state index contributed by atoms with van der Waals surface area (Å²) in [5.74, 6) is 0.0206. The molecule has 0 radical (unpaired) electrons. The van der Waals surface area contributed by atoms with Crippen LogP contribution in [0.4, 0.5) is 0 Å². The van der Waals surface area contributed by atoms with E-state index in [9.17, 15) is 22.8 Å². The van der Waals surface area contributed by atoms with Gasteiger partial charge in [-0.15, -0.1) is 11.3 Å². The van der Waals surface area contributed by atoms with E-state index in [-0.39, 0.29) is 43.0 Å². The highest BCUT2D eigenvalue weighted by atomic mass is 32.2. The number of hydrogen-bond acceptors (Lipinski definition) is 10. The van der Waals surface area contributed by atoms with Gasteiger partial charge in [0.05, 0.1) is 35.0 Å². The largest absolute Gasteiger partial charge is 0.496 e. The van der Waals surface area contributed by atoms with Gasteiger partial charge in [-0.25, -0.2) is 18.4 Å². The summed E-state index contributed by atoms with van der Waals surface area (Å²) in [5, 5.41) is 3.56. The van der Waals surface area contributed by atoms with E-state index in [2.05, 4.69) is 18.6 Å². The van der Waals surface area contributed by atoms with Gasteiger partial charge < -0.3 is 19.3 Å². The van der Waals surface area contributed by atoms with Crippen molar-refractivity contribution in [1.82, 2.24) is 24.5 Å². The maximum absolute atomic E-state index is 14.3. The molecular formula is C38H47N5O7S2. The molecule has 0 unspecified atom stereocenters. The van der Waals surface area contributed by atoms with Gasteiger partial charge in [0, 0.05) is 48.8 Å². The Labute approximate surface area is 309 Å². The van der Waals surface area contributed by atoms with Gasteiger partial charge in [-0.05, 0) is 69.9 Å². The molecule has 1 saturated heterocycles. The smallest absolute Gasteiger partial charge is 0.245 e. The van der Waals surface area contributed by atoms with Gasteiger partial charge in [-0.1, -0.05) is 26.0 Å². The van der Waals surface area contributed by atoms with Gasteiger partial charge in [0.1, 0.15) is 34.3 Å². The molecule has 4 atom stereocenters. The van der Waals surface area contributed by atoms with Crippen LogP contribution in [0.2, 0.25) is 0 Å². The normalized spacial score (nSPS) is 26.6. The van der Waals surface area contributed by atoms with Crippen molar-refractivity contribution in [2.24, 2.45) is 11.3 Å². The highest BCUT2D eigenvalue weighted by molar-refractivity contribution is 7.91. The number of hydrogen-bond donors (Lipinski definition) is 1. The zero-order chi connectivity index (χ0) is 37.2. The van der Waals surface area contributed by atoms with Crippen LogP contribution in [0.25, 0.3) is 21.6 Å². The van der Waals surface area contributed by atoms with Crippen LogP contribution in [0, 0.1) is 18.3 Å². The summed E-state index contributed by atoms with van der Waals surface area (Å²) >= 11 is 1.51.